The maximum absolute atomic E-state index is 5.60. The highest BCUT2D eigenvalue weighted by Crippen LogP contribution is 2.05. The Hall–Kier alpha value is -0.890. The summed E-state index contributed by atoms with van der Waals surface area (Å²) in [4.78, 5) is 7.68. The van der Waals surface area contributed by atoms with Crippen LogP contribution in [0.4, 0.5) is 0 Å². The summed E-state index contributed by atoms with van der Waals surface area (Å²) in [6.07, 6.45) is 2.64. The Morgan fingerprint density at radius 3 is 2.91 bits per heavy atom. The Kier molecular flexibility index (Phi) is 3.05. The monoisotopic (exact) mass is 168 g/mol. The zero-order valence-corrected chi connectivity index (χ0v) is 6.88. The zero-order valence-electron chi connectivity index (χ0n) is 6.13. The lowest BCUT2D eigenvalue weighted by atomic mass is 10.2. The summed E-state index contributed by atoms with van der Waals surface area (Å²) >= 11 is 5.60. The van der Waals surface area contributed by atoms with Gasteiger partial charge in [0.15, 0.2) is 0 Å². The summed E-state index contributed by atoms with van der Waals surface area (Å²) in [5, 5.41) is 0.528. The van der Waals surface area contributed by atoms with Gasteiger partial charge in [-0.05, 0) is 24.8 Å². The number of hydrogen-bond acceptors (Lipinski definition) is 2. The topological polar surface area (TPSA) is 25.2 Å². The van der Waals surface area contributed by atoms with Crippen molar-refractivity contribution in [3.63, 3.8) is 0 Å². The van der Waals surface area contributed by atoms with Crippen molar-refractivity contribution in [1.82, 2.24) is 4.98 Å². The minimum atomic E-state index is 0.528. The second-order valence-corrected chi connectivity index (χ2v) is 2.57. The highest BCUT2D eigenvalue weighted by atomic mass is 35.5. The molecule has 0 amide bonds. The fourth-order valence-electron chi connectivity index (χ4n) is 0.762. The van der Waals surface area contributed by atoms with Crippen LogP contribution < -0.4 is 0 Å². The lowest BCUT2D eigenvalue weighted by Gasteiger charge is -1.95. The molecular formula is C8H9ClN2. The van der Waals surface area contributed by atoms with Gasteiger partial charge in [0, 0.05) is 12.7 Å². The molecule has 0 saturated heterocycles. The zero-order chi connectivity index (χ0) is 8.10. The molecule has 0 atom stereocenters. The van der Waals surface area contributed by atoms with Crippen LogP contribution in [0.3, 0.4) is 0 Å². The molecule has 2 nitrogen and oxygen atoms in total. The number of pyridine rings is 1. The van der Waals surface area contributed by atoms with Gasteiger partial charge in [0.05, 0.1) is 0 Å². The Labute approximate surface area is 70.9 Å². The number of aliphatic imine (C=N–C) groups is 1. The first-order valence-electron chi connectivity index (χ1n) is 3.36. The number of halogens is 1. The van der Waals surface area contributed by atoms with Gasteiger partial charge in [-0.1, -0.05) is 17.7 Å². The summed E-state index contributed by atoms with van der Waals surface area (Å²) in [7, 11) is 0. The SMILES string of the molecule is C=NCCc1ccc(Cl)nc1. The van der Waals surface area contributed by atoms with Crippen molar-refractivity contribution in [2.24, 2.45) is 4.99 Å². The second-order valence-electron chi connectivity index (χ2n) is 2.19. The smallest absolute Gasteiger partial charge is 0.129 e. The molecule has 0 aliphatic carbocycles. The summed E-state index contributed by atoms with van der Waals surface area (Å²) in [6, 6.07) is 3.72. The van der Waals surface area contributed by atoms with E-state index in [9.17, 15) is 0 Å². The highest BCUT2D eigenvalue weighted by Gasteiger charge is 1.91. The van der Waals surface area contributed by atoms with Crippen LogP contribution in [0, 0.1) is 0 Å². The molecule has 1 rings (SSSR count). The number of aromatic nitrogens is 1. The molecule has 0 N–H and O–H groups in total. The van der Waals surface area contributed by atoms with Crippen molar-refractivity contribution in [2.45, 2.75) is 6.42 Å². The van der Waals surface area contributed by atoms with Gasteiger partial charge in [0.25, 0.3) is 0 Å². The molecular weight excluding hydrogens is 160 g/mol. The first kappa shape index (κ1) is 8.21. The molecule has 11 heavy (non-hydrogen) atoms. The molecule has 1 aromatic heterocycles. The lowest BCUT2D eigenvalue weighted by Crippen LogP contribution is -1.89. The molecule has 0 spiro atoms. The predicted molar refractivity (Wildman–Crippen MR) is 47.4 cm³/mol. The van der Waals surface area contributed by atoms with E-state index in [1.807, 2.05) is 6.07 Å². The third-order valence-corrected chi connectivity index (χ3v) is 1.57. The van der Waals surface area contributed by atoms with Gasteiger partial charge >= 0.3 is 0 Å². The predicted octanol–water partition coefficient (Wildman–Crippen LogP) is 1.98. The van der Waals surface area contributed by atoms with Crippen LogP contribution in [0.25, 0.3) is 0 Å². The van der Waals surface area contributed by atoms with E-state index in [0.29, 0.717) is 5.15 Å². The van der Waals surface area contributed by atoms with Crippen molar-refractivity contribution in [3.05, 3.63) is 29.0 Å². The van der Waals surface area contributed by atoms with Gasteiger partial charge in [0.1, 0.15) is 5.15 Å². The van der Waals surface area contributed by atoms with Crippen molar-refractivity contribution in [2.75, 3.05) is 6.54 Å². The highest BCUT2D eigenvalue weighted by molar-refractivity contribution is 6.29. The number of hydrogen-bond donors (Lipinski definition) is 0. The average molecular weight is 169 g/mol. The Morgan fingerprint density at radius 1 is 1.55 bits per heavy atom. The average Bonchev–Trinajstić information content (AvgIpc) is 2.04. The van der Waals surface area contributed by atoms with E-state index >= 15 is 0 Å². The fourth-order valence-corrected chi connectivity index (χ4v) is 0.874. The maximum atomic E-state index is 5.60. The van der Waals surface area contributed by atoms with E-state index in [-0.39, 0.29) is 0 Å². The molecule has 0 saturated carbocycles. The summed E-state index contributed by atoms with van der Waals surface area (Å²) < 4.78 is 0. The second kappa shape index (κ2) is 4.09. The van der Waals surface area contributed by atoms with Crippen LogP contribution in [0.1, 0.15) is 5.56 Å². The molecule has 58 valence electrons. The first-order valence-corrected chi connectivity index (χ1v) is 3.73. The minimum Gasteiger partial charge on any atom is -0.301 e. The molecule has 0 bridgehead atoms. The maximum Gasteiger partial charge on any atom is 0.129 e. The summed E-state index contributed by atoms with van der Waals surface area (Å²) in [5.41, 5.74) is 1.14. The molecule has 3 heteroatoms. The molecule has 0 fully saturated rings. The van der Waals surface area contributed by atoms with E-state index in [4.69, 9.17) is 11.6 Å². The third kappa shape index (κ3) is 2.68. The normalized spacial score (nSPS) is 9.55. The van der Waals surface area contributed by atoms with Crippen LogP contribution >= 0.6 is 11.6 Å². The van der Waals surface area contributed by atoms with E-state index < -0.39 is 0 Å². The van der Waals surface area contributed by atoms with Gasteiger partial charge in [0.2, 0.25) is 0 Å². The minimum absolute atomic E-state index is 0.528. The van der Waals surface area contributed by atoms with Gasteiger partial charge in [-0.2, -0.15) is 0 Å². The van der Waals surface area contributed by atoms with E-state index in [1.165, 1.54) is 0 Å². The van der Waals surface area contributed by atoms with Crippen molar-refractivity contribution < 1.29 is 0 Å². The van der Waals surface area contributed by atoms with Gasteiger partial charge in [-0.25, -0.2) is 4.98 Å². The number of nitrogens with zero attached hydrogens (tertiary/aromatic N) is 2. The first-order chi connectivity index (χ1) is 5.33. The summed E-state index contributed by atoms with van der Waals surface area (Å²) in [5.74, 6) is 0. The lowest BCUT2D eigenvalue weighted by molar-refractivity contribution is 0.966. The van der Waals surface area contributed by atoms with E-state index in [1.54, 1.807) is 12.3 Å². The molecule has 1 aromatic rings. The molecule has 1 heterocycles. The summed E-state index contributed by atoms with van der Waals surface area (Å²) in [6.45, 7) is 4.14. The van der Waals surface area contributed by atoms with Gasteiger partial charge in [-0.3, -0.25) is 0 Å². The van der Waals surface area contributed by atoms with Crippen LogP contribution in [-0.2, 0) is 6.42 Å². The molecule has 0 aliphatic rings. The standard InChI is InChI=1S/C8H9ClN2/c1-10-5-4-7-2-3-8(9)11-6-7/h2-3,6H,1,4-5H2. The Morgan fingerprint density at radius 2 is 2.36 bits per heavy atom. The molecule has 0 radical (unpaired) electrons. The molecule has 0 aliphatic heterocycles. The van der Waals surface area contributed by atoms with Gasteiger partial charge < -0.3 is 4.99 Å². The van der Waals surface area contributed by atoms with Crippen molar-refractivity contribution >= 4 is 18.3 Å². The van der Waals surface area contributed by atoms with Crippen molar-refractivity contribution in [1.29, 1.82) is 0 Å². The van der Waals surface area contributed by atoms with Crippen LogP contribution in [0.5, 0.6) is 0 Å². The Bertz CT molecular complexity index is 230. The third-order valence-electron chi connectivity index (χ3n) is 1.35. The van der Waals surface area contributed by atoms with Gasteiger partial charge in [-0.15, -0.1) is 0 Å². The van der Waals surface area contributed by atoms with Crippen LogP contribution in [0.2, 0.25) is 5.15 Å². The van der Waals surface area contributed by atoms with Crippen LogP contribution in [0.15, 0.2) is 23.3 Å². The molecule has 0 aromatic carbocycles. The van der Waals surface area contributed by atoms with E-state index in [0.717, 1.165) is 18.5 Å². The fraction of sp³-hybridized carbons (Fsp3) is 0.250. The van der Waals surface area contributed by atoms with E-state index in [2.05, 4.69) is 16.7 Å². The van der Waals surface area contributed by atoms with Crippen LogP contribution in [-0.4, -0.2) is 18.2 Å². The van der Waals surface area contributed by atoms with Crippen molar-refractivity contribution in [3.8, 4) is 0 Å². The largest absolute Gasteiger partial charge is 0.301 e. The molecule has 0 unspecified atom stereocenters. The quantitative estimate of drug-likeness (QED) is 0.501. The number of rotatable bonds is 3. The Balaban J connectivity index is 2.58.